The molecule has 4 heteroatoms. The van der Waals surface area contributed by atoms with Gasteiger partial charge in [-0.25, -0.2) is 4.39 Å². The third kappa shape index (κ3) is 2.96. The summed E-state index contributed by atoms with van der Waals surface area (Å²) in [5.41, 5.74) is 8.62. The maximum absolute atomic E-state index is 13.2. The lowest BCUT2D eigenvalue weighted by Gasteiger charge is -2.14. The van der Waals surface area contributed by atoms with Crippen molar-refractivity contribution in [2.45, 2.75) is 20.5 Å². The molecule has 0 heterocycles. The Kier molecular flexibility index (Phi) is 4.03. The van der Waals surface area contributed by atoms with Crippen LogP contribution < -0.4 is 10.5 Å². The third-order valence-electron chi connectivity index (χ3n) is 3.14. The molecule has 20 heavy (non-hydrogen) atoms. The maximum Gasteiger partial charge on any atom is 0.125 e. The molecule has 0 aliphatic rings. The van der Waals surface area contributed by atoms with Gasteiger partial charge in [0, 0.05) is 11.1 Å². The molecule has 0 atom stereocenters. The molecule has 0 aromatic heterocycles. The molecule has 0 bridgehead atoms. The van der Waals surface area contributed by atoms with Gasteiger partial charge in [0.15, 0.2) is 0 Å². The predicted molar refractivity (Wildman–Crippen MR) is 77.7 cm³/mol. The SMILES string of the molecule is Cc1cccc(C)c1OCc1ccc(F)cc1C(=N)N. The second-order valence-electron chi connectivity index (χ2n) is 4.72. The third-order valence-corrected chi connectivity index (χ3v) is 3.14. The van der Waals surface area contributed by atoms with E-state index in [0.717, 1.165) is 16.9 Å². The van der Waals surface area contributed by atoms with Crippen molar-refractivity contribution in [2.24, 2.45) is 5.73 Å². The van der Waals surface area contributed by atoms with E-state index < -0.39 is 5.82 Å². The van der Waals surface area contributed by atoms with Gasteiger partial charge in [0.2, 0.25) is 0 Å². The zero-order chi connectivity index (χ0) is 14.7. The molecular weight excluding hydrogens is 255 g/mol. The zero-order valence-electron chi connectivity index (χ0n) is 11.5. The van der Waals surface area contributed by atoms with Crippen molar-refractivity contribution in [2.75, 3.05) is 0 Å². The van der Waals surface area contributed by atoms with Gasteiger partial charge < -0.3 is 10.5 Å². The van der Waals surface area contributed by atoms with Crippen molar-refractivity contribution in [3.8, 4) is 5.75 Å². The highest BCUT2D eigenvalue weighted by Gasteiger charge is 2.09. The Morgan fingerprint density at radius 3 is 2.45 bits per heavy atom. The Hall–Kier alpha value is -2.36. The minimum atomic E-state index is -0.411. The quantitative estimate of drug-likeness (QED) is 0.662. The fraction of sp³-hybridized carbons (Fsp3) is 0.188. The number of para-hydroxylation sites is 1. The molecule has 0 spiro atoms. The molecule has 0 saturated carbocycles. The summed E-state index contributed by atoms with van der Waals surface area (Å²) in [5.74, 6) is 0.238. The number of amidine groups is 1. The van der Waals surface area contributed by atoms with Crippen molar-refractivity contribution in [1.82, 2.24) is 0 Å². The Balaban J connectivity index is 2.25. The maximum atomic E-state index is 13.2. The average Bonchev–Trinajstić information content (AvgIpc) is 2.39. The summed E-state index contributed by atoms with van der Waals surface area (Å²) in [7, 11) is 0. The minimum Gasteiger partial charge on any atom is -0.488 e. The van der Waals surface area contributed by atoms with Crippen molar-refractivity contribution < 1.29 is 9.13 Å². The number of aryl methyl sites for hydroxylation is 2. The van der Waals surface area contributed by atoms with Crippen LogP contribution in [-0.4, -0.2) is 5.84 Å². The first-order chi connectivity index (χ1) is 9.49. The normalized spacial score (nSPS) is 10.3. The predicted octanol–water partition coefficient (Wildman–Crippen LogP) is 3.31. The number of halogens is 1. The first-order valence-corrected chi connectivity index (χ1v) is 6.31. The topological polar surface area (TPSA) is 59.1 Å². The van der Waals surface area contributed by atoms with E-state index in [1.807, 2.05) is 32.0 Å². The Morgan fingerprint density at radius 2 is 1.85 bits per heavy atom. The molecule has 2 aromatic rings. The second-order valence-corrected chi connectivity index (χ2v) is 4.72. The number of ether oxygens (including phenoxy) is 1. The van der Waals surface area contributed by atoms with E-state index in [-0.39, 0.29) is 12.4 Å². The van der Waals surface area contributed by atoms with E-state index in [1.54, 1.807) is 6.07 Å². The lowest BCUT2D eigenvalue weighted by molar-refractivity contribution is 0.301. The number of nitrogens with two attached hydrogens (primary N) is 1. The molecule has 2 rings (SSSR count). The molecule has 0 unspecified atom stereocenters. The van der Waals surface area contributed by atoms with Crippen LogP contribution in [0.5, 0.6) is 5.75 Å². The van der Waals surface area contributed by atoms with Crippen molar-refractivity contribution in [3.63, 3.8) is 0 Å². The van der Waals surface area contributed by atoms with Gasteiger partial charge in [-0.1, -0.05) is 24.3 Å². The van der Waals surface area contributed by atoms with Crippen LogP contribution in [0.1, 0.15) is 22.3 Å². The van der Waals surface area contributed by atoms with Gasteiger partial charge in [-0.3, -0.25) is 5.41 Å². The van der Waals surface area contributed by atoms with Gasteiger partial charge in [0.1, 0.15) is 24.0 Å². The van der Waals surface area contributed by atoms with E-state index in [1.165, 1.54) is 12.1 Å². The molecule has 3 N–H and O–H groups in total. The number of nitrogens with one attached hydrogen (secondary N) is 1. The van der Waals surface area contributed by atoms with Crippen LogP contribution >= 0.6 is 0 Å². The summed E-state index contributed by atoms with van der Waals surface area (Å²) in [6, 6.07) is 10.1. The highest BCUT2D eigenvalue weighted by molar-refractivity contribution is 5.96. The van der Waals surface area contributed by atoms with Crippen molar-refractivity contribution in [3.05, 3.63) is 64.5 Å². The first-order valence-electron chi connectivity index (χ1n) is 6.31. The lowest BCUT2D eigenvalue weighted by atomic mass is 10.1. The van der Waals surface area contributed by atoms with E-state index in [9.17, 15) is 4.39 Å². The molecule has 0 radical (unpaired) electrons. The van der Waals surface area contributed by atoms with Crippen molar-refractivity contribution >= 4 is 5.84 Å². The highest BCUT2D eigenvalue weighted by atomic mass is 19.1. The Bertz CT molecular complexity index is 633. The molecule has 0 aliphatic carbocycles. The van der Waals surface area contributed by atoms with E-state index in [0.29, 0.717) is 11.1 Å². The summed E-state index contributed by atoms with van der Waals surface area (Å²) in [5, 5.41) is 7.50. The molecule has 0 saturated heterocycles. The highest BCUT2D eigenvalue weighted by Crippen LogP contribution is 2.24. The molecule has 0 amide bonds. The lowest BCUT2D eigenvalue weighted by Crippen LogP contribution is -2.15. The smallest absolute Gasteiger partial charge is 0.125 e. The Morgan fingerprint density at radius 1 is 1.20 bits per heavy atom. The monoisotopic (exact) mass is 272 g/mol. The first kappa shape index (κ1) is 14.1. The number of rotatable bonds is 4. The Labute approximate surface area is 117 Å². The van der Waals surface area contributed by atoms with E-state index in [4.69, 9.17) is 15.9 Å². The van der Waals surface area contributed by atoms with Crippen molar-refractivity contribution in [1.29, 1.82) is 5.41 Å². The van der Waals surface area contributed by atoms with Crippen LogP contribution in [0.4, 0.5) is 4.39 Å². The van der Waals surface area contributed by atoms with Gasteiger partial charge in [0.25, 0.3) is 0 Å². The zero-order valence-corrected chi connectivity index (χ0v) is 11.5. The second kappa shape index (κ2) is 5.74. The van der Waals surface area contributed by atoms with Crippen LogP contribution in [-0.2, 0) is 6.61 Å². The molecule has 0 aliphatic heterocycles. The molecule has 104 valence electrons. The van der Waals surface area contributed by atoms with Gasteiger partial charge in [-0.15, -0.1) is 0 Å². The van der Waals surface area contributed by atoms with Crippen LogP contribution in [0, 0.1) is 25.1 Å². The molecule has 2 aromatic carbocycles. The van der Waals surface area contributed by atoms with Crippen LogP contribution in [0.3, 0.4) is 0 Å². The van der Waals surface area contributed by atoms with E-state index >= 15 is 0 Å². The van der Waals surface area contributed by atoms with Gasteiger partial charge in [0.05, 0.1) is 0 Å². The molecular formula is C16H17FN2O. The summed E-state index contributed by atoms with van der Waals surface area (Å²) in [6.07, 6.45) is 0. The minimum absolute atomic E-state index is 0.162. The fourth-order valence-corrected chi connectivity index (χ4v) is 2.10. The van der Waals surface area contributed by atoms with E-state index in [2.05, 4.69) is 0 Å². The summed E-state index contributed by atoms with van der Waals surface area (Å²) in [4.78, 5) is 0. The van der Waals surface area contributed by atoms with Gasteiger partial charge in [-0.05, 0) is 37.1 Å². The van der Waals surface area contributed by atoms with Gasteiger partial charge >= 0.3 is 0 Å². The summed E-state index contributed by atoms with van der Waals surface area (Å²) < 4.78 is 19.0. The average molecular weight is 272 g/mol. The number of nitrogen functional groups attached to an aromatic ring is 1. The molecule has 0 fully saturated rings. The number of hydrogen-bond acceptors (Lipinski definition) is 2. The van der Waals surface area contributed by atoms with Crippen LogP contribution in [0.15, 0.2) is 36.4 Å². The summed E-state index contributed by atoms with van der Waals surface area (Å²) in [6.45, 7) is 4.19. The standard InChI is InChI=1S/C16H17FN2O/c1-10-4-3-5-11(2)15(10)20-9-12-6-7-13(17)8-14(12)16(18)19/h3-8H,9H2,1-2H3,(H3,18,19). The largest absolute Gasteiger partial charge is 0.488 e. The fourth-order valence-electron chi connectivity index (χ4n) is 2.10. The van der Waals surface area contributed by atoms with Gasteiger partial charge in [-0.2, -0.15) is 0 Å². The van der Waals surface area contributed by atoms with Crippen LogP contribution in [0.25, 0.3) is 0 Å². The molecule has 3 nitrogen and oxygen atoms in total. The summed E-state index contributed by atoms with van der Waals surface area (Å²) >= 11 is 0. The number of hydrogen-bond donors (Lipinski definition) is 2. The number of benzene rings is 2. The van der Waals surface area contributed by atoms with Crippen LogP contribution in [0.2, 0.25) is 0 Å².